The standard InChI is InChI=1S/C2H4ClFO/c3-5-2-1-4/h1-2H2/i4-1. The molecule has 0 spiro atoms. The summed E-state index contributed by atoms with van der Waals surface area (Å²) < 4.78 is 14.6. The molecule has 1 nitrogen and oxygen atoms in total. The van der Waals surface area contributed by atoms with Crippen LogP contribution in [0.2, 0.25) is 0 Å². The fraction of sp³-hybridized carbons (Fsp3) is 1.00. The maximum atomic E-state index is 10.8. The zero-order valence-electron chi connectivity index (χ0n) is 2.58. The number of hydrogen-bond donors (Lipinski definition) is 0. The van der Waals surface area contributed by atoms with Crippen molar-refractivity contribution in [1.82, 2.24) is 0 Å². The molecule has 0 saturated carbocycles. The Labute approximate surface area is 34.9 Å². The molecular formula is C2H4ClFO. The molecule has 0 amide bonds. The van der Waals surface area contributed by atoms with Crippen LogP contribution in [-0.2, 0) is 4.29 Å². The topological polar surface area (TPSA) is 9.23 Å². The summed E-state index contributed by atoms with van der Waals surface area (Å²) in [6, 6.07) is 0. The Kier molecular flexibility index (Phi) is 4.33. The lowest BCUT2D eigenvalue weighted by atomic mass is 10.8. The molecule has 0 saturated heterocycles. The second-order valence-electron chi connectivity index (χ2n) is 0.502. The molecule has 0 aliphatic rings. The minimum atomic E-state index is -0.510. The molecule has 0 heterocycles. The summed E-state index contributed by atoms with van der Waals surface area (Å²) in [4.78, 5) is 0. The molecule has 3 heteroatoms. The van der Waals surface area contributed by atoms with Crippen molar-refractivity contribution >= 4 is 11.9 Å². The predicted molar refractivity (Wildman–Crippen MR) is 17.8 cm³/mol. The van der Waals surface area contributed by atoms with E-state index in [1.165, 1.54) is 0 Å². The van der Waals surface area contributed by atoms with Crippen LogP contribution in [0.25, 0.3) is 0 Å². The summed E-state index contributed by atoms with van der Waals surface area (Å²) >= 11 is 4.56. The average Bonchev–Trinajstić information content (AvgIpc) is 1.41. The Morgan fingerprint density at radius 1 is 1.80 bits per heavy atom. The zero-order chi connectivity index (χ0) is 4.12. The highest BCUT2D eigenvalue weighted by Gasteiger charge is 1.72. The van der Waals surface area contributed by atoms with Crippen molar-refractivity contribution < 1.29 is 8.68 Å². The highest BCUT2D eigenvalue weighted by Crippen LogP contribution is 1.76. The quantitative estimate of drug-likeness (QED) is 0.502. The van der Waals surface area contributed by atoms with Crippen LogP contribution in [0.1, 0.15) is 0 Å². The first-order valence-corrected chi connectivity index (χ1v) is 1.52. The highest BCUT2D eigenvalue weighted by atomic mass is 35.5. The normalized spacial score (nSPS) is 8.40. The van der Waals surface area contributed by atoms with Crippen LogP contribution in [0.4, 0.5) is 4.39 Å². The molecule has 0 rings (SSSR count). The van der Waals surface area contributed by atoms with E-state index in [4.69, 9.17) is 0 Å². The fourth-order valence-electron chi connectivity index (χ4n) is 0.0292. The first-order chi connectivity index (χ1) is 2.41. The van der Waals surface area contributed by atoms with Crippen LogP contribution >= 0.6 is 11.9 Å². The van der Waals surface area contributed by atoms with Crippen molar-refractivity contribution in [3.05, 3.63) is 0 Å². The van der Waals surface area contributed by atoms with Gasteiger partial charge in [0.15, 0.2) is 0 Å². The SMILES string of the molecule is [18F]CCOCl. The van der Waals surface area contributed by atoms with E-state index in [1.807, 2.05) is 0 Å². The van der Waals surface area contributed by atoms with Gasteiger partial charge in [-0.05, 0) is 0 Å². The van der Waals surface area contributed by atoms with Gasteiger partial charge >= 0.3 is 0 Å². The van der Waals surface area contributed by atoms with Crippen molar-refractivity contribution in [2.24, 2.45) is 0 Å². The van der Waals surface area contributed by atoms with E-state index in [0.29, 0.717) is 0 Å². The van der Waals surface area contributed by atoms with Crippen molar-refractivity contribution in [3.63, 3.8) is 0 Å². The summed E-state index contributed by atoms with van der Waals surface area (Å²) in [7, 11) is 0. The van der Waals surface area contributed by atoms with Gasteiger partial charge in [-0.3, -0.25) is 4.29 Å². The Morgan fingerprint density at radius 2 is 2.40 bits per heavy atom. The van der Waals surface area contributed by atoms with Gasteiger partial charge in [-0.15, -0.1) is 0 Å². The first kappa shape index (κ1) is 5.18. The summed E-state index contributed by atoms with van der Waals surface area (Å²) in [5.41, 5.74) is 0. The molecule has 0 aromatic carbocycles. The molecule has 0 aliphatic heterocycles. The Bertz CT molecular complexity index is 17.1. The van der Waals surface area contributed by atoms with E-state index in [1.54, 1.807) is 0 Å². The number of halogens is 2. The molecule has 0 atom stereocenters. The van der Waals surface area contributed by atoms with Crippen LogP contribution < -0.4 is 0 Å². The van der Waals surface area contributed by atoms with Gasteiger partial charge in [-0.1, -0.05) is 0 Å². The number of alkyl halides is 1. The lowest BCUT2D eigenvalue weighted by Crippen LogP contribution is -1.81. The molecule has 0 bridgehead atoms. The lowest BCUT2D eigenvalue weighted by molar-refractivity contribution is 0.296. The van der Waals surface area contributed by atoms with Crippen molar-refractivity contribution in [1.29, 1.82) is 0 Å². The van der Waals surface area contributed by atoms with E-state index in [2.05, 4.69) is 16.2 Å². The minimum absolute atomic E-state index is 0.0123. The maximum absolute atomic E-state index is 10.8. The van der Waals surface area contributed by atoms with Gasteiger partial charge < -0.3 is 0 Å². The van der Waals surface area contributed by atoms with E-state index < -0.39 is 6.67 Å². The van der Waals surface area contributed by atoms with E-state index in [-0.39, 0.29) is 6.61 Å². The molecule has 0 aliphatic carbocycles. The third-order valence-electron chi connectivity index (χ3n) is 0.154. The maximum Gasteiger partial charge on any atom is 0.115 e. The zero-order valence-corrected chi connectivity index (χ0v) is 3.33. The number of rotatable bonds is 2. The van der Waals surface area contributed by atoms with E-state index in [9.17, 15) is 4.39 Å². The molecule has 0 aromatic rings. The smallest absolute Gasteiger partial charge is 0.115 e. The monoisotopic (exact) mass is 97.0 g/mol. The lowest BCUT2D eigenvalue weighted by Gasteiger charge is -1.77. The average molecular weight is 97.5 g/mol. The largest absolute Gasteiger partial charge is 0.276 e. The molecule has 5 heavy (non-hydrogen) atoms. The molecule has 0 aromatic heterocycles. The molecule has 32 valence electrons. The van der Waals surface area contributed by atoms with Gasteiger partial charge in [0.25, 0.3) is 0 Å². The van der Waals surface area contributed by atoms with Crippen LogP contribution in [0, 0.1) is 0 Å². The van der Waals surface area contributed by atoms with Gasteiger partial charge in [0.05, 0.1) is 18.5 Å². The Morgan fingerprint density at radius 3 is 2.40 bits per heavy atom. The van der Waals surface area contributed by atoms with Crippen LogP contribution in [-0.4, -0.2) is 13.3 Å². The van der Waals surface area contributed by atoms with Crippen LogP contribution in [0.15, 0.2) is 0 Å². The van der Waals surface area contributed by atoms with Gasteiger partial charge in [-0.25, -0.2) is 4.39 Å². The molecular weight excluding hydrogens is 93.5 g/mol. The predicted octanol–water partition coefficient (Wildman–Crippen LogP) is 1.13. The molecule has 0 N–H and O–H groups in total. The number of hydrogen-bond acceptors (Lipinski definition) is 1. The minimum Gasteiger partial charge on any atom is -0.276 e. The van der Waals surface area contributed by atoms with Crippen LogP contribution in [0.3, 0.4) is 0 Å². The molecule has 0 unspecified atom stereocenters. The Hall–Kier alpha value is 0.180. The van der Waals surface area contributed by atoms with Gasteiger partial charge in [0.2, 0.25) is 0 Å². The summed E-state index contributed by atoms with van der Waals surface area (Å²) in [6.07, 6.45) is 0. The van der Waals surface area contributed by atoms with E-state index in [0.717, 1.165) is 0 Å². The second kappa shape index (κ2) is 4.18. The van der Waals surface area contributed by atoms with Gasteiger partial charge in [0, 0.05) is 0 Å². The summed E-state index contributed by atoms with van der Waals surface area (Å²) in [5.74, 6) is 0. The third-order valence-corrected chi connectivity index (χ3v) is 0.309. The highest BCUT2D eigenvalue weighted by molar-refractivity contribution is 6.07. The summed E-state index contributed by atoms with van der Waals surface area (Å²) in [5, 5.41) is 0. The van der Waals surface area contributed by atoms with Gasteiger partial charge in [0.1, 0.15) is 6.67 Å². The Balaban J connectivity index is 2.19. The van der Waals surface area contributed by atoms with Crippen molar-refractivity contribution in [2.75, 3.05) is 13.3 Å². The molecule has 0 radical (unpaired) electrons. The van der Waals surface area contributed by atoms with Crippen molar-refractivity contribution in [3.8, 4) is 0 Å². The van der Waals surface area contributed by atoms with E-state index >= 15 is 0 Å². The van der Waals surface area contributed by atoms with Crippen LogP contribution in [0.5, 0.6) is 0 Å². The van der Waals surface area contributed by atoms with Crippen molar-refractivity contribution in [2.45, 2.75) is 0 Å². The molecule has 0 fully saturated rings. The van der Waals surface area contributed by atoms with Gasteiger partial charge in [-0.2, -0.15) is 0 Å². The second-order valence-corrected chi connectivity index (χ2v) is 0.720. The third kappa shape index (κ3) is 4.18. The first-order valence-electron chi connectivity index (χ1n) is 1.21. The fourth-order valence-corrected chi connectivity index (χ4v) is 0.0875. The summed E-state index contributed by atoms with van der Waals surface area (Å²) in [6.45, 7) is -0.523.